The number of carbonyl (C=O) groups excluding carboxylic acids is 2. The lowest BCUT2D eigenvalue weighted by molar-refractivity contribution is -0.141. The van der Waals surface area contributed by atoms with Crippen LogP contribution in [-0.2, 0) is 21.7 Å². The van der Waals surface area contributed by atoms with Crippen LogP contribution in [0.5, 0.6) is 0 Å². The van der Waals surface area contributed by atoms with Gasteiger partial charge in [0.1, 0.15) is 5.78 Å². The van der Waals surface area contributed by atoms with E-state index in [1.165, 1.54) is 6.92 Å². The van der Waals surface area contributed by atoms with Gasteiger partial charge in [0.15, 0.2) is 5.60 Å². The fourth-order valence-corrected chi connectivity index (χ4v) is 3.63. The van der Waals surface area contributed by atoms with Gasteiger partial charge < -0.3 is 10.0 Å². The Kier molecular flexibility index (Phi) is 4.25. The van der Waals surface area contributed by atoms with Crippen molar-refractivity contribution in [3.63, 3.8) is 0 Å². The minimum Gasteiger partial charge on any atom is -0.375 e. The Balaban J connectivity index is 2.10. The summed E-state index contributed by atoms with van der Waals surface area (Å²) in [7, 11) is 0. The second-order valence-electron chi connectivity index (χ2n) is 7.09. The summed E-state index contributed by atoms with van der Waals surface area (Å²) in [5, 5.41) is 11.1. The summed E-state index contributed by atoms with van der Waals surface area (Å²) in [6, 6.07) is 11.8. The van der Waals surface area contributed by atoms with Crippen LogP contribution in [0.4, 0.5) is 5.69 Å². The van der Waals surface area contributed by atoms with Crippen LogP contribution in [-0.4, -0.2) is 16.8 Å². The van der Waals surface area contributed by atoms with Crippen molar-refractivity contribution in [1.82, 2.24) is 0 Å². The molecule has 4 nitrogen and oxygen atoms in total. The van der Waals surface area contributed by atoms with Crippen LogP contribution in [0.3, 0.4) is 0 Å². The zero-order chi connectivity index (χ0) is 18.4. The number of amides is 1. The number of ketones is 1. The molecule has 0 spiro atoms. The van der Waals surface area contributed by atoms with Gasteiger partial charge in [0.05, 0.1) is 12.2 Å². The molecule has 130 valence electrons. The molecule has 3 rings (SSSR count). The largest absolute Gasteiger partial charge is 0.375 e. The second-order valence-corrected chi connectivity index (χ2v) is 7.09. The molecule has 1 N–H and O–H groups in total. The molecule has 0 aliphatic carbocycles. The molecule has 0 radical (unpaired) electrons. The number of aliphatic hydroxyl groups is 1. The summed E-state index contributed by atoms with van der Waals surface area (Å²) < 4.78 is 0. The number of carbonyl (C=O) groups is 2. The number of anilines is 1. The highest BCUT2D eigenvalue weighted by Gasteiger charge is 2.51. The zero-order valence-corrected chi connectivity index (χ0v) is 15.1. The lowest BCUT2D eigenvalue weighted by atomic mass is 9.88. The molecule has 4 heteroatoms. The minimum absolute atomic E-state index is 0.202. The molecule has 0 unspecified atom stereocenters. The van der Waals surface area contributed by atoms with E-state index in [2.05, 4.69) is 0 Å². The summed E-state index contributed by atoms with van der Waals surface area (Å²) in [6.45, 7) is 7.64. The number of rotatable bonds is 4. The summed E-state index contributed by atoms with van der Waals surface area (Å²) >= 11 is 0. The summed E-state index contributed by atoms with van der Waals surface area (Å²) in [4.78, 5) is 26.4. The lowest BCUT2D eigenvalue weighted by Gasteiger charge is -2.22. The Morgan fingerprint density at radius 1 is 1.08 bits per heavy atom. The van der Waals surface area contributed by atoms with Gasteiger partial charge in [-0.05, 0) is 38.8 Å². The van der Waals surface area contributed by atoms with E-state index < -0.39 is 11.5 Å². The number of hydrogen-bond acceptors (Lipinski definition) is 3. The summed E-state index contributed by atoms with van der Waals surface area (Å²) in [5.41, 5.74) is 3.51. The maximum absolute atomic E-state index is 13.1. The van der Waals surface area contributed by atoms with E-state index in [-0.39, 0.29) is 12.2 Å². The van der Waals surface area contributed by atoms with Gasteiger partial charge in [-0.3, -0.25) is 9.59 Å². The third-order valence-corrected chi connectivity index (χ3v) is 4.73. The third-order valence-electron chi connectivity index (χ3n) is 4.73. The maximum Gasteiger partial charge on any atom is 0.264 e. The van der Waals surface area contributed by atoms with Crippen molar-refractivity contribution in [2.75, 3.05) is 4.90 Å². The Labute approximate surface area is 148 Å². The van der Waals surface area contributed by atoms with Crippen molar-refractivity contribution in [1.29, 1.82) is 0 Å². The van der Waals surface area contributed by atoms with Crippen LogP contribution in [0.15, 0.2) is 36.4 Å². The van der Waals surface area contributed by atoms with Crippen LogP contribution in [0.25, 0.3) is 0 Å². The highest BCUT2D eigenvalue weighted by Crippen LogP contribution is 2.45. The monoisotopic (exact) mass is 337 g/mol. The topological polar surface area (TPSA) is 57.6 Å². The van der Waals surface area contributed by atoms with Gasteiger partial charge in [0.2, 0.25) is 0 Å². The predicted molar refractivity (Wildman–Crippen MR) is 97.5 cm³/mol. The second kappa shape index (κ2) is 6.12. The quantitative estimate of drug-likeness (QED) is 0.931. The van der Waals surface area contributed by atoms with E-state index in [4.69, 9.17) is 0 Å². The SMILES string of the molecule is CC(=O)C[C@]1(O)C(=O)N(Cc2ccc(C)cc2)c2c(C)cc(C)cc21. The first-order valence-electron chi connectivity index (χ1n) is 8.43. The summed E-state index contributed by atoms with van der Waals surface area (Å²) in [5.74, 6) is -0.634. The molecule has 0 fully saturated rings. The molecule has 1 atom stereocenters. The first-order valence-corrected chi connectivity index (χ1v) is 8.43. The molecule has 0 saturated carbocycles. The van der Waals surface area contributed by atoms with Crippen LogP contribution in [0, 0.1) is 20.8 Å². The third kappa shape index (κ3) is 2.98. The van der Waals surface area contributed by atoms with E-state index in [0.717, 1.165) is 27.9 Å². The molecule has 25 heavy (non-hydrogen) atoms. The molecule has 2 aromatic rings. The molecule has 1 heterocycles. The van der Waals surface area contributed by atoms with Gasteiger partial charge in [-0.15, -0.1) is 0 Å². The molecular weight excluding hydrogens is 314 g/mol. The molecule has 1 aliphatic heterocycles. The van der Waals surface area contributed by atoms with Gasteiger partial charge in [0, 0.05) is 12.0 Å². The number of benzene rings is 2. The van der Waals surface area contributed by atoms with Gasteiger partial charge in [-0.2, -0.15) is 0 Å². The van der Waals surface area contributed by atoms with E-state index in [1.54, 1.807) is 4.90 Å². The number of aryl methyl sites for hydroxylation is 3. The Morgan fingerprint density at radius 3 is 2.32 bits per heavy atom. The molecule has 2 aromatic carbocycles. The van der Waals surface area contributed by atoms with Crippen LogP contribution in [0.2, 0.25) is 0 Å². The average molecular weight is 337 g/mol. The minimum atomic E-state index is -1.78. The fourth-order valence-electron chi connectivity index (χ4n) is 3.63. The van der Waals surface area contributed by atoms with E-state index >= 15 is 0 Å². The normalized spacial score (nSPS) is 19.2. The van der Waals surface area contributed by atoms with Crippen molar-refractivity contribution in [3.05, 3.63) is 64.2 Å². The van der Waals surface area contributed by atoms with Crippen molar-refractivity contribution >= 4 is 17.4 Å². The van der Waals surface area contributed by atoms with E-state index in [9.17, 15) is 14.7 Å². The number of hydrogen-bond donors (Lipinski definition) is 1. The van der Waals surface area contributed by atoms with E-state index in [1.807, 2.05) is 57.2 Å². The van der Waals surface area contributed by atoms with Crippen LogP contribution in [0.1, 0.15) is 41.2 Å². The lowest BCUT2D eigenvalue weighted by Crippen LogP contribution is -2.41. The molecule has 1 amide bonds. The van der Waals surface area contributed by atoms with Gasteiger partial charge in [-0.1, -0.05) is 47.5 Å². The molecular formula is C21H23NO3. The molecule has 0 aromatic heterocycles. The van der Waals surface area contributed by atoms with Gasteiger partial charge in [0.25, 0.3) is 5.91 Å². The summed E-state index contributed by atoms with van der Waals surface area (Å²) in [6.07, 6.45) is -0.202. The predicted octanol–water partition coefficient (Wildman–Crippen LogP) is 3.33. The van der Waals surface area contributed by atoms with E-state index in [0.29, 0.717) is 12.1 Å². The number of nitrogens with zero attached hydrogens (tertiary/aromatic N) is 1. The van der Waals surface area contributed by atoms with Gasteiger partial charge in [-0.25, -0.2) is 0 Å². The molecule has 1 aliphatic rings. The van der Waals surface area contributed by atoms with Crippen LogP contribution >= 0.6 is 0 Å². The van der Waals surface area contributed by atoms with Crippen molar-refractivity contribution < 1.29 is 14.7 Å². The smallest absolute Gasteiger partial charge is 0.264 e. The van der Waals surface area contributed by atoms with Gasteiger partial charge >= 0.3 is 0 Å². The Bertz CT molecular complexity index is 854. The van der Waals surface area contributed by atoms with Crippen molar-refractivity contribution in [2.24, 2.45) is 0 Å². The molecule has 0 saturated heterocycles. The Morgan fingerprint density at radius 2 is 1.72 bits per heavy atom. The Hall–Kier alpha value is -2.46. The average Bonchev–Trinajstić information content (AvgIpc) is 2.71. The first kappa shape index (κ1) is 17.4. The van der Waals surface area contributed by atoms with Crippen LogP contribution < -0.4 is 4.90 Å². The first-order chi connectivity index (χ1) is 11.7. The highest BCUT2D eigenvalue weighted by molar-refractivity contribution is 6.09. The van der Waals surface area contributed by atoms with Crippen molar-refractivity contribution in [3.8, 4) is 0 Å². The number of Topliss-reactive ketones (excluding diaryl/α,β-unsaturated/α-hetero) is 1. The zero-order valence-electron chi connectivity index (χ0n) is 15.1. The maximum atomic E-state index is 13.1. The highest BCUT2D eigenvalue weighted by atomic mass is 16.3. The fraction of sp³-hybridized carbons (Fsp3) is 0.333. The van der Waals surface area contributed by atoms with Crippen molar-refractivity contribution in [2.45, 2.75) is 46.3 Å². The number of fused-ring (bicyclic) bond motifs is 1. The standard InChI is InChI=1S/C21H23NO3/c1-13-5-7-17(8-6-13)12-22-19-15(3)9-14(2)10-18(19)21(25,20(22)24)11-16(4)23/h5-10,25H,11-12H2,1-4H3/t21-/m1/s1. The molecule has 0 bridgehead atoms.